The zero-order chi connectivity index (χ0) is 30.3. The molecule has 41 heavy (non-hydrogen) atoms. The quantitative estimate of drug-likeness (QED) is 0.176. The van der Waals surface area contributed by atoms with Gasteiger partial charge in [0.15, 0.2) is 16.1 Å². The molecule has 0 aliphatic heterocycles. The van der Waals surface area contributed by atoms with Gasteiger partial charge in [-0.1, -0.05) is 6.07 Å². The van der Waals surface area contributed by atoms with Crippen molar-refractivity contribution < 1.29 is 39.7 Å². The topological polar surface area (TPSA) is 66.0 Å². The van der Waals surface area contributed by atoms with Crippen molar-refractivity contribution in [1.82, 2.24) is 4.57 Å². The summed E-state index contributed by atoms with van der Waals surface area (Å²) in [5.41, 5.74) is -5.69. The molecule has 14 heteroatoms. The summed E-state index contributed by atoms with van der Waals surface area (Å²) in [6.07, 6.45) is -9.87. The van der Waals surface area contributed by atoms with Crippen LogP contribution in [0.5, 0.6) is 0 Å². The number of alkyl halides is 6. The second kappa shape index (κ2) is 11.3. The van der Waals surface area contributed by atoms with Gasteiger partial charge in [-0.2, -0.15) is 36.2 Å². The van der Waals surface area contributed by atoms with Gasteiger partial charge in [-0.25, -0.2) is 8.78 Å². The maximum Gasteiger partial charge on any atom is 0.417 e. The van der Waals surface area contributed by atoms with Gasteiger partial charge in [0.25, 0.3) is 5.56 Å². The molecule has 1 N–H and O–H groups in total. The highest BCUT2D eigenvalue weighted by Crippen LogP contribution is 2.40. The number of pyridine rings is 1. The van der Waals surface area contributed by atoms with Crippen LogP contribution in [0.15, 0.2) is 63.6 Å². The van der Waals surface area contributed by atoms with Crippen molar-refractivity contribution in [3.63, 3.8) is 0 Å². The minimum Gasteiger partial charge on any atom is -0.302 e. The SMILES string of the molecule is CC[S+](O)c1cc(-c2csc(-c3cc(C(F)(F)F)c(C#N)c(=O)n3Cc3ccc(F)cc3F)c2)cc(C(F)(F)F)c1. The van der Waals surface area contributed by atoms with Crippen LogP contribution in [0.2, 0.25) is 0 Å². The van der Waals surface area contributed by atoms with E-state index in [2.05, 4.69) is 0 Å². The first-order chi connectivity index (χ1) is 19.1. The van der Waals surface area contributed by atoms with Crippen LogP contribution in [0, 0.1) is 23.0 Å². The lowest BCUT2D eigenvalue weighted by molar-refractivity contribution is -0.138. The monoisotopic (exact) mass is 617 g/mol. The van der Waals surface area contributed by atoms with Gasteiger partial charge in [-0.05, 0) is 47.7 Å². The van der Waals surface area contributed by atoms with E-state index in [0.717, 1.165) is 40.2 Å². The maximum atomic E-state index is 14.4. The molecule has 0 bridgehead atoms. The summed E-state index contributed by atoms with van der Waals surface area (Å²) in [6, 6.07) is 8.40. The number of rotatable bonds is 6. The fourth-order valence-electron chi connectivity index (χ4n) is 4.01. The molecular formula is C27H17F8N2O2S2+. The minimum atomic E-state index is -5.12. The predicted molar refractivity (Wildman–Crippen MR) is 138 cm³/mol. The molecule has 0 radical (unpaired) electrons. The van der Waals surface area contributed by atoms with Crippen LogP contribution in [-0.2, 0) is 30.1 Å². The van der Waals surface area contributed by atoms with Crippen molar-refractivity contribution >= 4 is 22.5 Å². The number of nitriles is 1. The molecule has 0 saturated heterocycles. The van der Waals surface area contributed by atoms with Crippen molar-refractivity contribution in [3.05, 3.63) is 98.2 Å². The van der Waals surface area contributed by atoms with Gasteiger partial charge in [0, 0.05) is 23.8 Å². The van der Waals surface area contributed by atoms with Crippen LogP contribution < -0.4 is 5.56 Å². The molecule has 0 fully saturated rings. The van der Waals surface area contributed by atoms with Crippen molar-refractivity contribution in [2.75, 3.05) is 5.75 Å². The molecule has 0 saturated carbocycles. The summed E-state index contributed by atoms with van der Waals surface area (Å²) in [4.78, 5) is 13.1. The first kappa shape index (κ1) is 30.3. The largest absolute Gasteiger partial charge is 0.417 e. The number of halogens is 8. The summed E-state index contributed by atoms with van der Waals surface area (Å²) in [5.74, 6) is -1.87. The highest BCUT2D eigenvalue weighted by molar-refractivity contribution is 7.91. The molecule has 0 aliphatic rings. The van der Waals surface area contributed by atoms with E-state index in [1.165, 1.54) is 23.6 Å². The average molecular weight is 618 g/mol. The average Bonchev–Trinajstić information content (AvgIpc) is 3.39. The molecule has 2 aromatic heterocycles. The van der Waals surface area contributed by atoms with E-state index < -0.39 is 64.0 Å². The molecule has 4 aromatic rings. The zero-order valence-corrected chi connectivity index (χ0v) is 22.3. The molecule has 4 nitrogen and oxygen atoms in total. The Balaban J connectivity index is 1.94. The Kier molecular flexibility index (Phi) is 8.35. The van der Waals surface area contributed by atoms with Crippen LogP contribution in [0.4, 0.5) is 35.1 Å². The molecule has 0 spiro atoms. The minimum absolute atomic E-state index is 0.00602. The molecule has 4 rings (SSSR count). The first-order valence-corrected chi connectivity index (χ1v) is 13.8. The summed E-state index contributed by atoms with van der Waals surface area (Å²) in [5, 5.41) is 10.7. The molecule has 2 aromatic carbocycles. The Hall–Kier alpha value is -3.67. The van der Waals surface area contributed by atoms with E-state index >= 15 is 0 Å². The maximum absolute atomic E-state index is 14.4. The van der Waals surface area contributed by atoms with Crippen LogP contribution in [0.3, 0.4) is 0 Å². The number of benzene rings is 2. The van der Waals surface area contributed by atoms with Gasteiger partial charge in [0.1, 0.15) is 29.0 Å². The van der Waals surface area contributed by atoms with Gasteiger partial charge in [-0.3, -0.25) is 4.79 Å². The Labute approximate surface area is 234 Å². The third kappa shape index (κ3) is 6.32. The van der Waals surface area contributed by atoms with E-state index in [4.69, 9.17) is 0 Å². The van der Waals surface area contributed by atoms with E-state index in [9.17, 15) is 49.7 Å². The highest BCUT2D eigenvalue weighted by Gasteiger charge is 2.37. The predicted octanol–water partition coefficient (Wildman–Crippen LogP) is 7.95. The van der Waals surface area contributed by atoms with E-state index in [1.807, 2.05) is 0 Å². The van der Waals surface area contributed by atoms with E-state index in [1.54, 1.807) is 6.92 Å². The molecule has 1 atom stereocenters. The Bertz CT molecular complexity index is 1720. The smallest absolute Gasteiger partial charge is 0.302 e. The lowest BCUT2D eigenvalue weighted by Gasteiger charge is -2.17. The molecule has 2 heterocycles. The number of nitrogens with zero attached hydrogens (tertiary/aromatic N) is 2. The second-order valence-electron chi connectivity index (χ2n) is 8.65. The Morgan fingerprint density at radius 1 is 0.976 bits per heavy atom. The van der Waals surface area contributed by atoms with Gasteiger partial charge in [0.05, 0.1) is 28.2 Å². The third-order valence-corrected chi connectivity index (χ3v) is 8.31. The molecule has 0 aliphatic carbocycles. The highest BCUT2D eigenvalue weighted by atomic mass is 32.2. The number of aromatic nitrogens is 1. The van der Waals surface area contributed by atoms with E-state index in [0.29, 0.717) is 12.1 Å². The normalized spacial score (nSPS) is 12.8. The fraction of sp³-hybridized carbons (Fsp3) is 0.185. The summed E-state index contributed by atoms with van der Waals surface area (Å²) < 4.78 is 121. The fourth-order valence-corrected chi connectivity index (χ4v) is 5.82. The Morgan fingerprint density at radius 3 is 2.27 bits per heavy atom. The molecule has 214 valence electrons. The number of hydrogen-bond donors (Lipinski definition) is 1. The zero-order valence-electron chi connectivity index (χ0n) is 20.7. The van der Waals surface area contributed by atoms with Crippen molar-refractivity contribution in [2.45, 2.75) is 30.7 Å². The first-order valence-electron chi connectivity index (χ1n) is 11.5. The van der Waals surface area contributed by atoms with Gasteiger partial charge >= 0.3 is 12.4 Å². The lowest BCUT2D eigenvalue weighted by Crippen LogP contribution is -2.28. The van der Waals surface area contributed by atoms with Gasteiger partial charge < -0.3 is 4.57 Å². The van der Waals surface area contributed by atoms with Crippen LogP contribution in [0.25, 0.3) is 21.7 Å². The summed E-state index contributed by atoms with van der Waals surface area (Å²) >= 11 is -0.710. The number of thiophene rings is 1. The third-order valence-electron chi connectivity index (χ3n) is 6.03. The van der Waals surface area contributed by atoms with Crippen LogP contribution in [-0.4, -0.2) is 14.9 Å². The molecule has 0 amide bonds. The number of hydrogen-bond acceptors (Lipinski definition) is 4. The molecular weight excluding hydrogens is 600 g/mol. The van der Waals surface area contributed by atoms with Crippen LogP contribution >= 0.6 is 11.3 Å². The van der Waals surface area contributed by atoms with Gasteiger partial charge in [0.2, 0.25) is 0 Å². The molecule has 1 unspecified atom stereocenters. The standard InChI is InChI=1S/C27H17F8N2O2S2/c1-2-41(39)19-6-15(5-17(8-19)26(30,31)32)16-7-24(40-13-16)23-10-21(27(33,34)35)20(11-36)25(38)37(23)12-14-3-4-18(28)9-22(14)29/h3-10,13,39H,2,12H2,1H3/q+1. The van der Waals surface area contributed by atoms with Crippen molar-refractivity contribution in [3.8, 4) is 27.8 Å². The van der Waals surface area contributed by atoms with Crippen molar-refractivity contribution in [2.24, 2.45) is 0 Å². The second-order valence-corrected chi connectivity index (χ2v) is 11.3. The van der Waals surface area contributed by atoms with E-state index in [-0.39, 0.29) is 37.9 Å². The van der Waals surface area contributed by atoms with Gasteiger partial charge in [-0.15, -0.1) is 11.3 Å². The summed E-state index contributed by atoms with van der Waals surface area (Å²) in [6.45, 7) is 0.913. The van der Waals surface area contributed by atoms with Crippen LogP contribution in [0.1, 0.15) is 29.2 Å². The lowest BCUT2D eigenvalue weighted by atomic mass is 10.0. The summed E-state index contributed by atoms with van der Waals surface area (Å²) in [7, 11) is 0. The van der Waals surface area contributed by atoms with Crippen molar-refractivity contribution in [1.29, 1.82) is 5.26 Å². The Morgan fingerprint density at radius 2 is 1.68 bits per heavy atom.